The predicted octanol–water partition coefficient (Wildman–Crippen LogP) is 2.85. The van der Waals surface area contributed by atoms with Gasteiger partial charge in [-0.15, -0.1) is 0 Å². The van der Waals surface area contributed by atoms with Gasteiger partial charge in [-0.1, -0.05) is 18.2 Å². The van der Waals surface area contributed by atoms with Crippen molar-refractivity contribution in [1.82, 2.24) is 5.32 Å². The molecule has 0 fully saturated rings. The number of fused-ring (bicyclic) bond motifs is 1. The third kappa shape index (κ3) is 2.76. The summed E-state index contributed by atoms with van der Waals surface area (Å²) in [7, 11) is 0. The molecule has 22 heavy (non-hydrogen) atoms. The van der Waals surface area contributed by atoms with Gasteiger partial charge in [0.05, 0.1) is 17.6 Å². The Balaban J connectivity index is 1.76. The molecule has 0 saturated carbocycles. The molecule has 0 spiro atoms. The van der Waals surface area contributed by atoms with Gasteiger partial charge < -0.3 is 10.1 Å². The van der Waals surface area contributed by atoms with Crippen molar-refractivity contribution in [3.05, 3.63) is 69.8 Å². The highest BCUT2D eigenvalue weighted by Gasteiger charge is 2.23. The van der Waals surface area contributed by atoms with Crippen LogP contribution in [0, 0.1) is 10.1 Å². The molecule has 0 unspecified atom stereocenters. The van der Waals surface area contributed by atoms with Crippen molar-refractivity contribution in [2.75, 3.05) is 6.61 Å². The second-order valence-corrected chi connectivity index (χ2v) is 5.00. The molecule has 3 rings (SSSR count). The van der Waals surface area contributed by atoms with E-state index in [2.05, 4.69) is 5.32 Å². The summed E-state index contributed by atoms with van der Waals surface area (Å²) in [5, 5.41) is 13.6. The summed E-state index contributed by atoms with van der Waals surface area (Å²) in [6.45, 7) is 0.544. The van der Waals surface area contributed by atoms with Crippen LogP contribution in [0.3, 0.4) is 0 Å². The van der Waals surface area contributed by atoms with Gasteiger partial charge in [-0.25, -0.2) is 0 Å². The van der Waals surface area contributed by atoms with Crippen molar-refractivity contribution in [2.45, 2.75) is 12.5 Å². The number of amides is 1. The highest BCUT2D eigenvalue weighted by atomic mass is 16.6. The van der Waals surface area contributed by atoms with Gasteiger partial charge in [-0.3, -0.25) is 14.9 Å². The van der Waals surface area contributed by atoms with Crippen LogP contribution in [0.2, 0.25) is 0 Å². The van der Waals surface area contributed by atoms with Gasteiger partial charge in [0, 0.05) is 29.7 Å². The Labute approximate surface area is 126 Å². The van der Waals surface area contributed by atoms with E-state index in [0.717, 1.165) is 11.3 Å². The Hall–Kier alpha value is -2.89. The standard InChI is InChI=1S/C16H14N2O4/c19-16(11-5-7-12(8-6-11)18(20)21)17-14-9-10-22-15-4-2-1-3-13(14)15/h1-8,14H,9-10H2,(H,17,19)/t14-/m0/s1. The zero-order chi connectivity index (χ0) is 15.5. The smallest absolute Gasteiger partial charge is 0.269 e. The molecule has 6 nitrogen and oxygen atoms in total. The number of nitrogens with one attached hydrogen (secondary N) is 1. The number of carbonyl (C=O) groups excluding carboxylic acids is 1. The van der Waals surface area contributed by atoms with Crippen LogP contribution in [-0.4, -0.2) is 17.4 Å². The lowest BCUT2D eigenvalue weighted by molar-refractivity contribution is -0.384. The number of rotatable bonds is 3. The van der Waals surface area contributed by atoms with E-state index in [0.29, 0.717) is 18.6 Å². The highest BCUT2D eigenvalue weighted by molar-refractivity contribution is 5.94. The molecule has 2 aromatic rings. The number of hydrogen-bond acceptors (Lipinski definition) is 4. The first-order valence-electron chi connectivity index (χ1n) is 6.92. The molecular weight excluding hydrogens is 284 g/mol. The number of ether oxygens (including phenoxy) is 1. The van der Waals surface area contributed by atoms with E-state index < -0.39 is 4.92 Å². The number of nitrogens with zero attached hydrogens (tertiary/aromatic N) is 1. The SMILES string of the molecule is O=C(N[C@H]1CCOc2ccccc21)c1ccc([N+](=O)[O-])cc1. The van der Waals surface area contributed by atoms with Crippen LogP contribution in [0.5, 0.6) is 5.75 Å². The van der Waals surface area contributed by atoms with E-state index in [1.165, 1.54) is 24.3 Å². The molecule has 112 valence electrons. The summed E-state index contributed by atoms with van der Waals surface area (Å²) < 4.78 is 5.56. The van der Waals surface area contributed by atoms with Crippen LogP contribution in [0.4, 0.5) is 5.69 Å². The summed E-state index contributed by atoms with van der Waals surface area (Å²) in [4.78, 5) is 22.4. The molecule has 1 heterocycles. The number of carbonyl (C=O) groups is 1. The van der Waals surface area contributed by atoms with Gasteiger partial charge in [-0.05, 0) is 18.2 Å². The summed E-state index contributed by atoms with van der Waals surface area (Å²) in [6.07, 6.45) is 0.690. The minimum atomic E-state index is -0.490. The zero-order valence-electron chi connectivity index (χ0n) is 11.7. The van der Waals surface area contributed by atoms with Gasteiger partial charge in [0.1, 0.15) is 5.75 Å². The highest BCUT2D eigenvalue weighted by Crippen LogP contribution is 2.31. The number of nitro groups is 1. The summed E-state index contributed by atoms with van der Waals surface area (Å²) in [5.41, 5.74) is 1.31. The molecule has 1 atom stereocenters. The Morgan fingerprint density at radius 1 is 1.18 bits per heavy atom. The molecule has 1 aliphatic rings. The van der Waals surface area contributed by atoms with Gasteiger partial charge >= 0.3 is 0 Å². The third-order valence-corrected chi connectivity index (χ3v) is 3.60. The molecule has 0 aliphatic carbocycles. The van der Waals surface area contributed by atoms with Gasteiger partial charge in [0.25, 0.3) is 11.6 Å². The van der Waals surface area contributed by atoms with Crippen molar-refractivity contribution < 1.29 is 14.5 Å². The van der Waals surface area contributed by atoms with Crippen LogP contribution in [0.15, 0.2) is 48.5 Å². The molecule has 1 amide bonds. The van der Waals surface area contributed by atoms with Crippen molar-refractivity contribution in [2.24, 2.45) is 0 Å². The average molecular weight is 298 g/mol. The lowest BCUT2D eigenvalue weighted by Crippen LogP contribution is -2.32. The largest absolute Gasteiger partial charge is 0.493 e. The van der Waals surface area contributed by atoms with Crippen LogP contribution in [-0.2, 0) is 0 Å². The predicted molar refractivity (Wildman–Crippen MR) is 79.9 cm³/mol. The molecule has 1 N–H and O–H groups in total. The van der Waals surface area contributed by atoms with Crippen LogP contribution in [0.25, 0.3) is 0 Å². The van der Waals surface area contributed by atoms with Crippen LogP contribution in [0.1, 0.15) is 28.4 Å². The van der Waals surface area contributed by atoms with E-state index in [-0.39, 0.29) is 17.6 Å². The first-order valence-corrected chi connectivity index (χ1v) is 6.92. The minimum Gasteiger partial charge on any atom is -0.493 e. The maximum Gasteiger partial charge on any atom is 0.269 e. The van der Waals surface area contributed by atoms with Gasteiger partial charge in [0.15, 0.2) is 0 Å². The zero-order valence-corrected chi connectivity index (χ0v) is 11.7. The van der Waals surface area contributed by atoms with E-state index in [9.17, 15) is 14.9 Å². The first kappa shape index (κ1) is 14.1. The Bertz CT molecular complexity index is 712. The molecular formula is C16H14N2O4. The quantitative estimate of drug-likeness (QED) is 0.698. The van der Waals surface area contributed by atoms with Crippen molar-refractivity contribution in [1.29, 1.82) is 0 Å². The number of nitro benzene ring substituents is 1. The third-order valence-electron chi connectivity index (χ3n) is 3.60. The van der Waals surface area contributed by atoms with Crippen LogP contribution < -0.4 is 10.1 Å². The van der Waals surface area contributed by atoms with E-state index >= 15 is 0 Å². The van der Waals surface area contributed by atoms with Crippen molar-refractivity contribution in [3.8, 4) is 5.75 Å². The molecule has 0 aromatic heterocycles. The van der Waals surface area contributed by atoms with E-state index in [4.69, 9.17) is 4.74 Å². The van der Waals surface area contributed by atoms with Crippen molar-refractivity contribution in [3.63, 3.8) is 0 Å². The Morgan fingerprint density at radius 2 is 1.91 bits per heavy atom. The second kappa shape index (κ2) is 5.85. The maximum absolute atomic E-state index is 12.3. The van der Waals surface area contributed by atoms with Crippen LogP contribution >= 0.6 is 0 Å². The fraction of sp³-hybridized carbons (Fsp3) is 0.188. The number of non-ortho nitro benzene ring substituents is 1. The normalized spacial score (nSPS) is 16.3. The minimum absolute atomic E-state index is 0.0343. The molecule has 0 bridgehead atoms. The second-order valence-electron chi connectivity index (χ2n) is 5.00. The van der Waals surface area contributed by atoms with Gasteiger partial charge in [0.2, 0.25) is 0 Å². The lowest BCUT2D eigenvalue weighted by Gasteiger charge is -2.26. The monoisotopic (exact) mass is 298 g/mol. The lowest BCUT2D eigenvalue weighted by atomic mass is 10.00. The fourth-order valence-corrected chi connectivity index (χ4v) is 2.47. The number of hydrogen-bond donors (Lipinski definition) is 1. The molecule has 6 heteroatoms. The summed E-state index contributed by atoms with van der Waals surface area (Å²) in [6, 6.07) is 13.0. The molecule has 0 radical (unpaired) electrons. The molecule has 1 aliphatic heterocycles. The first-order chi connectivity index (χ1) is 10.6. The Morgan fingerprint density at radius 3 is 2.64 bits per heavy atom. The maximum atomic E-state index is 12.3. The Kier molecular flexibility index (Phi) is 3.74. The summed E-state index contributed by atoms with van der Waals surface area (Å²) >= 11 is 0. The number of para-hydroxylation sites is 1. The van der Waals surface area contributed by atoms with Gasteiger partial charge in [-0.2, -0.15) is 0 Å². The van der Waals surface area contributed by atoms with E-state index in [1.807, 2.05) is 24.3 Å². The van der Waals surface area contributed by atoms with Crippen molar-refractivity contribution >= 4 is 11.6 Å². The van der Waals surface area contributed by atoms with E-state index in [1.54, 1.807) is 0 Å². The fourth-order valence-electron chi connectivity index (χ4n) is 2.47. The topological polar surface area (TPSA) is 81.5 Å². The average Bonchev–Trinajstić information content (AvgIpc) is 2.55. The number of benzene rings is 2. The molecule has 2 aromatic carbocycles. The summed E-state index contributed by atoms with van der Waals surface area (Å²) in [5.74, 6) is 0.527. The molecule has 0 saturated heterocycles.